The Morgan fingerprint density at radius 1 is 1.41 bits per heavy atom. The Morgan fingerprint density at radius 3 is 2.76 bits per heavy atom. The summed E-state index contributed by atoms with van der Waals surface area (Å²) >= 11 is 0. The lowest BCUT2D eigenvalue weighted by Gasteiger charge is -1.97. The van der Waals surface area contributed by atoms with E-state index in [1.54, 1.807) is 31.5 Å². The van der Waals surface area contributed by atoms with Gasteiger partial charge in [-0.25, -0.2) is 18.1 Å². The highest BCUT2D eigenvalue weighted by atomic mass is 35.7. The molecule has 0 saturated carbocycles. The highest BCUT2D eigenvalue weighted by molar-refractivity contribution is 8.13. The van der Waals surface area contributed by atoms with Crippen LogP contribution in [0.3, 0.4) is 0 Å². The van der Waals surface area contributed by atoms with E-state index in [4.69, 9.17) is 10.7 Å². The van der Waals surface area contributed by atoms with E-state index >= 15 is 0 Å². The topological polar surface area (TPSA) is 64.8 Å². The van der Waals surface area contributed by atoms with Crippen molar-refractivity contribution in [3.8, 4) is 5.82 Å². The largest absolute Gasteiger partial charge is 0.237 e. The summed E-state index contributed by atoms with van der Waals surface area (Å²) in [7, 11) is 1.64. The predicted molar refractivity (Wildman–Crippen MR) is 64.6 cm³/mol. The first-order chi connectivity index (χ1) is 7.96. The van der Waals surface area contributed by atoms with Gasteiger partial charge in [0.2, 0.25) is 9.05 Å². The SMILES string of the molecule is Cc1nn(-c2ccccn2)cc1CS(=O)(=O)Cl. The molecule has 2 aromatic heterocycles. The van der Waals surface area contributed by atoms with Crippen molar-refractivity contribution in [1.29, 1.82) is 0 Å². The molecule has 0 spiro atoms. The molecular formula is C10H10ClN3O2S. The molecular weight excluding hydrogens is 262 g/mol. The number of halogens is 1. The predicted octanol–water partition coefficient (Wildman–Crippen LogP) is 1.64. The highest BCUT2D eigenvalue weighted by Crippen LogP contribution is 2.15. The minimum absolute atomic E-state index is 0.229. The van der Waals surface area contributed by atoms with Gasteiger partial charge in [-0.15, -0.1) is 0 Å². The van der Waals surface area contributed by atoms with Gasteiger partial charge in [0.1, 0.15) is 0 Å². The van der Waals surface area contributed by atoms with Gasteiger partial charge in [0, 0.05) is 28.6 Å². The molecule has 17 heavy (non-hydrogen) atoms. The quantitative estimate of drug-likeness (QED) is 0.796. The van der Waals surface area contributed by atoms with Crippen molar-refractivity contribution in [3.05, 3.63) is 41.9 Å². The van der Waals surface area contributed by atoms with Gasteiger partial charge < -0.3 is 0 Å². The average Bonchev–Trinajstić information content (AvgIpc) is 2.59. The first kappa shape index (κ1) is 12.1. The Kier molecular flexibility index (Phi) is 3.17. The third-order valence-corrected chi connectivity index (χ3v) is 3.20. The molecule has 0 aromatic carbocycles. The Balaban J connectivity index is 2.38. The highest BCUT2D eigenvalue weighted by Gasteiger charge is 2.13. The number of aryl methyl sites for hydroxylation is 1. The zero-order valence-electron chi connectivity index (χ0n) is 9.04. The van der Waals surface area contributed by atoms with Gasteiger partial charge in [0.15, 0.2) is 5.82 Å². The molecule has 90 valence electrons. The summed E-state index contributed by atoms with van der Waals surface area (Å²) in [5, 5.41) is 4.20. The first-order valence-electron chi connectivity index (χ1n) is 4.84. The molecule has 0 N–H and O–H groups in total. The normalized spacial score (nSPS) is 11.6. The standard InChI is InChI=1S/C10H10ClN3O2S/c1-8-9(7-17(11,15)16)6-14(13-8)10-4-2-3-5-12-10/h2-6H,7H2,1H3. The summed E-state index contributed by atoms with van der Waals surface area (Å²) in [5.41, 5.74) is 1.20. The maximum atomic E-state index is 11.0. The van der Waals surface area contributed by atoms with Crippen molar-refractivity contribution in [3.63, 3.8) is 0 Å². The minimum Gasteiger partial charge on any atom is -0.237 e. The van der Waals surface area contributed by atoms with Crippen molar-refractivity contribution in [2.45, 2.75) is 12.7 Å². The number of hydrogen-bond acceptors (Lipinski definition) is 4. The van der Waals surface area contributed by atoms with Gasteiger partial charge in [0.05, 0.1) is 11.4 Å². The summed E-state index contributed by atoms with van der Waals surface area (Å²) in [5.74, 6) is 0.404. The molecule has 0 amide bonds. The van der Waals surface area contributed by atoms with Crippen molar-refractivity contribution in [2.75, 3.05) is 0 Å². The number of rotatable bonds is 3. The van der Waals surface area contributed by atoms with E-state index in [2.05, 4.69) is 10.1 Å². The molecule has 5 nitrogen and oxygen atoms in total. The molecule has 0 aliphatic carbocycles. The Morgan fingerprint density at radius 2 is 2.18 bits per heavy atom. The van der Waals surface area contributed by atoms with Crippen molar-refractivity contribution in [1.82, 2.24) is 14.8 Å². The molecule has 0 aliphatic rings. The lowest BCUT2D eigenvalue weighted by molar-refractivity contribution is 0.608. The van der Waals surface area contributed by atoms with E-state index in [9.17, 15) is 8.42 Å². The fourth-order valence-corrected chi connectivity index (χ4v) is 2.44. The third kappa shape index (κ3) is 3.04. The number of aromatic nitrogens is 3. The zero-order valence-corrected chi connectivity index (χ0v) is 10.6. The van der Waals surface area contributed by atoms with Gasteiger partial charge in [-0.05, 0) is 19.1 Å². The van der Waals surface area contributed by atoms with E-state index in [0.29, 0.717) is 17.1 Å². The van der Waals surface area contributed by atoms with Gasteiger partial charge in [-0.3, -0.25) is 0 Å². The van der Waals surface area contributed by atoms with Crippen LogP contribution in [0.2, 0.25) is 0 Å². The van der Waals surface area contributed by atoms with Gasteiger partial charge >= 0.3 is 0 Å². The monoisotopic (exact) mass is 271 g/mol. The smallest absolute Gasteiger partial charge is 0.236 e. The molecule has 0 saturated heterocycles. The molecule has 0 atom stereocenters. The molecule has 0 fully saturated rings. The minimum atomic E-state index is -3.57. The van der Waals surface area contributed by atoms with Crippen LogP contribution in [0.25, 0.3) is 5.82 Å². The lowest BCUT2D eigenvalue weighted by atomic mass is 10.3. The second-order valence-electron chi connectivity index (χ2n) is 3.56. The van der Waals surface area contributed by atoms with E-state index < -0.39 is 9.05 Å². The van der Waals surface area contributed by atoms with Gasteiger partial charge in [-0.2, -0.15) is 5.10 Å². The molecule has 0 aliphatic heterocycles. The summed E-state index contributed by atoms with van der Waals surface area (Å²) in [6, 6.07) is 5.41. The molecule has 7 heteroatoms. The number of hydrogen-bond donors (Lipinski definition) is 0. The lowest BCUT2D eigenvalue weighted by Crippen LogP contribution is -1.97. The van der Waals surface area contributed by atoms with E-state index in [0.717, 1.165) is 0 Å². The Hall–Kier alpha value is -1.40. The molecule has 2 heterocycles. The molecule has 0 radical (unpaired) electrons. The van der Waals surface area contributed by atoms with Crippen molar-refractivity contribution in [2.24, 2.45) is 0 Å². The Labute approximate surface area is 103 Å². The summed E-state index contributed by atoms with van der Waals surface area (Å²) < 4.78 is 23.6. The molecule has 0 unspecified atom stereocenters. The number of nitrogens with zero attached hydrogens (tertiary/aromatic N) is 3. The summed E-state index contributed by atoms with van der Waals surface area (Å²) in [6.45, 7) is 1.73. The third-order valence-electron chi connectivity index (χ3n) is 2.21. The average molecular weight is 272 g/mol. The second kappa shape index (κ2) is 4.46. The van der Waals surface area contributed by atoms with Crippen LogP contribution in [0.4, 0.5) is 0 Å². The van der Waals surface area contributed by atoms with Crippen molar-refractivity contribution < 1.29 is 8.42 Å². The van der Waals surface area contributed by atoms with Crippen LogP contribution in [-0.2, 0) is 14.8 Å². The molecule has 0 bridgehead atoms. The van der Waals surface area contributed by atoms with Crippen LogP contribution in [0, 0.1) is 6.92 Å². The van der Waals surface area contributed by atoms with Crippen LogP contribution in [-0.4, -0.2) is 23.2 Å². The maximum absolute atomic E-state index is 11.0. The summed E-state index contributed by atoms with van der Waals surface area (Å²) in [4.78, 5) is 4.12. The van der Waals surface area contributed by atoms with Crippen LogP contribution >= 0.6 is 10.7 Å². The van der Waals surface area contributed by atoms with E-state index in [-0.39, 0.29) is 5.75 Å². The first-order valence-corrected chi connectivity index (χ1v) is 7.32. The van der Waals surface area contributed by atoms with Crippen LogP contribution < -0.4 is 0 Å². The van der Waals surface area contributed by atoms with Gasteiger partial charge in [0.25, 0.3) is 0 Å². The van der Waals surface area contributed by atoms with Crippen molar-refractivity contribution >= 4 is 19.7 Å². The van der Waals surface area contributed by atoms with Crippen LogP contribution in [0.15, 0.2) is 30.6 Å². The fourth-order valence-electron chi connectivity index (χ4n) is 1.43. The van der Waals surface area contributed by atoms with E-state index in [1.165, 1.54) is 4.68 Å². The Bertz CT molecular complexity index is 622. The van der Waals surface area contributed by atoms with E-state index in [1.807, 2.05) is 6.07 Å². The number of pyridine rings is 1. The molecule has 2 aromatic rings. The maximum Gasteiger partial charge on any atom is 0.236 e. The van der Waals surface area contributed by atoms with Crippen LogP contribution in [0.5, 0.6) is 0 Å². The second-order valence-corrected chi connectivity index (χ2v) is 6.33. The van der Waals surface area contributed by atoms with Crippen LogP contribution in [0.1, 0.15) is 11.3 Å². The molecule has 2 rings (SSSR count). The fraction of sp³-hybridized carbons (Fsp3) is 0.200. The van der Waals surface area contributed by atoms with Gasteiger partial charge in [-0.1, -0.05) is 6.07 Å². The zero-order chi connectivity index (χ0) is 12.5. The summed E-state index contributed by atoms with van der Waals surface area (Å²) in [6.07, 6.45) is 3.27.